The van der Waals surface area contributed by atoms with Crippen LogP contribution >= 0.6 is 0 Å². The lowest BCUT2D eigenvalue weighted by Gasteiger charge is -2.30. The molecule has 3 N–H and O–H groups in total. The molecule has 0 unspecified atom stereocenters. The van der Waals surface area contributed by atoms with Crippen LogP contribution in [0.1, 0.15) is 19.4 Å². The third-order valence-corrected chi connectivity index (χ3v) is 6.89. The van der Waals surface area contributed by atoms with Gasteiger partial charge in [0.2, 0.25) is 10.0 Å². The average Bonchev–Trinajstić information content (AvgIpc) is 2.78. The summed E-state index contributed by atoms with van der Waals surface area (Å²) >= 11 is 0. The molecule has 0 saturated heterocycles. The molecule has 2 aromatic carbocycles. The van der Waals surface area contributed by atoms with Crippen LogP contribution < -0.4 is 14.8 Å². The molecule has 0 radical (unpaired) electrons. The second-order valence-corrected chi connectivity index (χ2v) is 10.0. The lowest BCUT2D eigenvalue weighted by atomic mass is 10.0. The van der Waals surface area contributed by atoms with Crippen LogP contribution in [0.2, 0.25) is 0 Å². The molecule has 0 bridgehead atoms. The van der Waals surface area contributed by atoms with E-state index in [-0.39, 0.29) is 30.3 Å². The van der Waals surface area contributed by atoms with Crippen molar-refractivity contribution in [3.8, 4) is 11.5 Å². The van der Waals surface area contributed by atoms with E-state index in [0.717, 1.165) is 5.56 Å². The van der Waals surface area contributed by atoms with Gasteiger partial charge in [0.25, 0.3) is 0 Å². The highest BCUT2D eigenvalue weighted by Gasteiger charge is 2.31. The summed E-state index contributed by atoms with van der Waals surface area (Å²) < 4.78 is 38.0. The fourth-order valence-electron chi connectivity index (χ4n) is 3.37. The lowest BCUT2D eigenvalue weighted by molar-refractivity contribution is 0.0980. The van der Waals surface area contributed by atoms with Crippen molar-refractivity contribution in [1.29, 1.82) is 0 Å². The highest BCUT2D eigenvalue weighted by atomic mass is 32.2. The van der Waals surface area contributed by atoms with Crippen molar-refractivity contribution in [2.75, 3.05) is 27.3 Å². The van der Waals surface area contributed by atoms with E-state index in [2.05, 4.69) is 5.32 Å². The van der Waals surface area contributed by atoms with E-state index in [0.29, 0.717) is 11.5 Å². The number of nitrogens with one attached hydrogen (secondary N) is 1. The zero-order chi connectivity index (χ0) is 24.6. The number of ether oxygens (including phenoxy) is 2. The van der Waals surface area contributed by atoms with Crippen LogP contribution in [-0.2, 0) is 16.4 Å². The summed E-state index contributed by atoms with van der Waals surface area (Å²) in [7, 11) is -0.903. The molecule has 0 aliphatic heterocycles. The molecule has 0 spiro atoms. The number of rotatable bonds is 12. The zero-order valence-corrected chi connectivity index (χ0v) is 20.1. The van der Waals surface area contributed by atoms with Crippen LogP contribution in [0.5, 0.6) is 11.5 Å². The molecule has 0 saturated carbocycles. The molecular weight excluding hydrogens is 448 g/mol. The minimum absolute atomic E-state index is 0.0160. The number of amides is 1. The van der Waals surface area contributed by atoms with Gasteiger partial charge in [0.1, 0.15) is 11.5 Å². The van der Waals surface area contributed by atoms with Gasteiger partial charge in [-0.3, -0.25) is 0 Å². The van der Waals surface area contributed by atoms with Gasteiger partial charge in [0.05, 0.1) is 31.3 Å². The van der Waals surface area contributed by atoms with E-state index in [4.69, 9.17) is 9.47 Å². The molecule has 182 valence electrons. The SMILES string of the molecule is COc1ccc(C[C@H](NC(=O)O)[C@H](O)CN(CC(C)C)S(=O)(=O)c2ccc(OC)cc2)cc1. The number of methoxy groups -OCH3 is 2. The summed E-state index contributed by atoms with van der Waals surface area (Å²) in [4.78, 5) is 11.4. The summed E-state index contributed by atoms with van der Waals surface area (Å²) in [6.07, 6.45) is -2.41. The van der Waals surface area contributed by atoms with Gasteiger partial charge in [-0.2, -0.15) is 4.31 Å². The first-order chi connectivity index (χ1) is 15.6. The Kier molecular flexibility index (Phi) is 9.51. The number of hydrogen-bond donors (Lipinski definition) is 3. The van der Waals surface area contributed by atoms with E-state index in [1.165, 1.54) is 23.5 Å². The maximum Gasteiger partial charge on any atom is 0.404 e. The van der Waals surface area contributed by atoms with Gasteiger partial charge < -0.3 is 25.0 Å². The van der Waals surface area contributed by atoms with E-state index >= 15 is 0 Å². The predicted octanol–water partition coefficient (Wildman–Crippen LogP) is 2.59. The molecule has 0 aliphatic carbocycles. The molecule has 0 heterocycles. The second-order valence-electron chi connectivity index (χ2n) is 8.07. The first-order valence-electron chi connectivity index (χ1n) is 10.5. The van der Waals surface area contributed by atoms with Crippen LogP contribution in [0.25, 0.3) is 0 Å². The molecule has 2 rings (SSSR count). The third kappa shape index (κ3) is 7.62. The Labute approximate surface area is 195 Å². The number of nitrogens with zero attached hydrogens (tertiary/aromatic N) is 1. The number of hydrogen-bond acceptors (Lipinski definition) is 6. The largest absolute Gasteiger partial charge is 0.497 e. The summed E-state index contributed by atoms with van der Waals surface area (Å²) in [5, 5.41) is 22.5. The molecule has 9 nitrogen and oxygen atoms in total. The third-order valence-electron chi connectivity index (χ3n) is 5.04. The normalized spacial score (nSPS) is 13.5. The Morgan fingerprint density at radius 2 is 1.48 bits per heavy atom. The second kappa shape index (κ2) is 11.9. The number of carbonyl (C=O) groups is 1. The van der Waals surface area contributed by atoms with Gasteiger partial charge in [0.15, 0.2) is 0 Å². The maximum absolute atomic E-state index is 13.3. The predicted molar refractivity (Wildman–Crippen MR) is 124 cm³/mol. The molecule has 10 heteroatoms. The Bertz CT molecular complexity index is 992. The topological polar surface area (TPSA) is 125 Å². The molecule has 2 aromatic rings. The highest BCUT2D eigenvalue weighted by molar-refractivity contribution is 7.89. The minimum Gasteiger partial charge on any atom is -0.497 e. The molecule has 33 heavy (non-hydrogen) atoms. The fraction of sp³-hybridized carbons (Fsp3) is 0.435. The monoisotopic (exact) mass is 480 g/mol. The van der Waals surface area contributed by atoms with Crippen molar-refractivity contribution in [2.24, 2.45) is 5.92 Å². The quantitative estimate of drug-likeness (QED) is 0.426. The van der Waals surface area contributed by atoms with Gasteiger partial charge in [-0.15, -0.1) is 0 Å². The molecular formula is C23H32N2O7S. The van der Waals surface area contributed by atoms with Crippen molar-refractivity contribution >= 4 is 16.1 Å². The molecule has 2 atom stereocenters. The Hall–Kier alpha value is -2.82. The Balaban J connectivity index is 2.27. The van der Waals surface area contributed by atoms with E-state index in [9.17, 15) is 23.4 Å². The van der Waals surface area contributed by atoms with E-state index < -0.39 is 28.3 Å². The number of aliphatic hydroxyl groups excluding tert-OH is 1. The molecule has 1 amide bonds. The van der Waals surface area contributed by atoms with Crippen molar-refractivity contribution < 1.29 is 32.9 Å². The summed E-state index contributed by atoms with van der Waals surface area (Å²) in [5.41, 5.74) is 0.766. The van der Waals surface area contributed by atoms with Crippen molar-refractivity contribution in [1.82, 2.24) is 9.62 Å². The maximum atomic E-state index is 13.3. The smallest absolute Gasteiger partial charge is 0.404 e. The van der Waals surface area contributed by atoms with Crippen LogP contribution in [0.3, 0.4) is 0 Å². The van der Waals surface area contributed by atoms with Crippen LogP contribution in [-0.4, -0.2) is 68.5 Å². The number of sulfonamides is 1. The number of carboxylic acid groups (broad SMARTS) is 1. The standard InChI is InChI=1S/C23H32N2O7S/c1-16(2)14-25(33(29,30)20-11-9-19(32-4)10-12-20)15-22(26)21(24-23(27)28)13-17-5-7-18(31-3)8-6-17/h5-12,16,21-22,24,26H,13-15H2,1-4H3,(H,27,28)/t21-,22+/m0/s1. The molecule has 0 aromatic heterocycles. The minimum atomic E-state index is -3.93. The first kappa shape index (κ1) is 26.4. The van der Waals surface area contributed by atoms with Crippen LogP contribution in [0.4, 0.5) is 4.79 Å². The van der Waals surface area contributed by atoms with E-state index in [1.54, 1.807) is 43.5 Å². The van der Waals surface area contributed by atoms with Crippen molar-refractivity contribution in [3.63, 3.8) is 0 Å². The lowest BCUT2D eigenvalue weighted by Crippen LogP contribution is -2.50. The van der Waals surface area contributed by atoms with Gasteiger partial charge in [-0.05, 0) is 54.3 Å². The summed E-state index contributed by atoms with van der Waals surface area (Å²) in [5.74, 6) is 1.16. The van der Waals surface area contributed by atoms with Gasteiger partial charge in [-0.1, -0.05) is 26.0 Å². The first-order valence-corrected chi connectivity index (χ1v) is 12.0. The highest BCUT2D eigenvalue weighted by Crippen LogP contribution is 2.22. The van der Waals surface area contributed by atoms with Gasteiger partial charge in [-0.25, -0.2) is 13.2 Å². The van der Waals surface area contributed by atoms with Crippen LogP contribution in [0.15, 0.2) is 53.4 Å². The Morgan fingerprint density at radius 3 is 1.94 bits per heavy atom. The van der Waals surface area contributed by atoms with Crippen molar-refractivity contribution in [2.45, 2.75) is 37.3 Å². The Morgan fingerprint density at radius 1 is 0.970 bits per heavy atom. The molecule has 0 aliphatic rings. The number of benzene rings is 2. The van der Waals surface area contributed by atoms with E-state index in [1.807, 2.05) is 13.8 Å². The summed E-state index contributed by atoms with van der Waals surface area (Å²) in [6, 6.07) is 12.1. The average molecular weight is 481 g/mol. The van der Waals surface area contributed by atoms with Gasteiger partial charge >= 0.3 is 6.09 Å². The van der Waals surface area contributed by atoms with Crippen molar-refractivity contribution in [3.05, 3.63) is 54.1 Å². The van der Waals surface area contributed by atoms with Crippen LogP contribution in [0, 0.1) is 5.92 Å². The fourth-order valence-corrected chi connectivity index (χ4v) is 4.99. The zero-order valence-electron chi connectivity index (χ0n) is 19.3. The van der Waals surface area contributed by atoms with Gasteiger partial charge in [0, 0.05) is 13.1 Å². The molecule has 0 fully saturated rings. The summed E-state index contributed by atoms with van der Waals surface area (Å²) in [6.45, 7) is 3.63. The number of aliphatic hydroxyl groups is 1.